The van der Waals surface area contributed by atoms with Crippen LogP contribution in [-0.2, 0) is 0 Å². The smallest absolute Gasteiger partial charge is 0.279 e. The first-order valence-electron chi connectivity index (χ1n) is 8.43. The lowest BCUT2D eigenvalue weighted by Crippen LogP contribution is -2.19. The third-order valence-corrected chi connectivity index (χ3v) is 5.05. The van der Waals surface area contributed by atoms with Crippen LogP contribution in [0.2, 0.25) is 0 Å². The van der Waals surface area contributed by atoms with Gasteiger partial charge in [0.1, 0.15) is 22.8 Å². The normalized spacial score (nSPS) is 11.0. The Morgan fingerprint density at radius 2 is 1.75 bits per heavy atom. The van der Waals surface area contributed by atoms with E-state index in [1.807, 2.05) is 18.2 Å². The summed E-state index contributed by atoms with van der Waals surface area (Å²) in [4.78, 5) is 16.0. The molecule has 142 valence electrons. The highest BCUT2D eigenvalue weighted by molar-refractivity contribution is 9.10. The summed E-state index contributed by atoms with van der Waals surface area (Å²) in [5.41, 5.74) is 1.73. The fraction of sp³-hybridized carbons (Fsp3) is 0.0952. The number of halogens is 2. The van der Waals surface area contributed by atoms with Crippen molar-refractivity contribution in [2.24, 2.45) is 0 Å². The van der Waals surface area contributed by atoms with Crippen LogP contribution in [-0.4, -0.2) is 23.8 Å². The summed E-state index contributed by atoms with van der Waals surface area (Å²) in [7, 11) is 3.14. The van der Waals surface area contributed by atoms with E-state index in [1.54, 1.807) is 44.8 Å². The first-order chi connectivity index (χ1) is 13.5. The number of rotatable bonds is 4. The zero-order chi connectivity index (χ0) is 19.8. The minimum atomic E-state index is -0.495. The maximum absolute atomic E-state index is 14.5. The molecule has 0 unspecified atom stereocenters. The van der Waals surface area contributed by atoms with E-state index in [-0.39, 0.29) is 11.2 Å². The Morgan fingerprint density at radius 3 is 2.43 bits per heavy atom. The monoisotopic (exact) mass is 442 g/mol. The largest absolute Gasteiger partial charge is 0.497 e. The van der Waals surface area contributed by atoms with Gasteiger partial charge in [0.25, 0.3) is 5.56 Å². The third kappa shape index (κ3) is 3.07. The van der Waals surface area contributed by atoms with Crippen molar-refractivity contribution in [2.45, 2.75) is 0 Å². The van der Waals surface area contributed by atoms with Gasteiger partial charge in [0.2, 0.25) is 0 Å². The number of nitrogens with zero attached hydrogens (tertiary/aromatic N) is 1. The number of pyridine rings is 1. The van der Waals surface area contributed by atoms with Crippen LogP contribution in [0.5, 0.6) is 11.5 Å². The van der Waals surface area contributed by atoms with Gasteiger partial charge in [-0.3, -0.25) is 9.36 Å². The van der Waals surface area contributed by atoms with Crippen LogP contribution in [0.3, 0.4) is 0 Å². The zero-order valence-corrected chi connectivity index (χ0v) is 16.7. The molecule has 0 aliphatic rings. The molecule has 0 fully saturated rings. The van der Waals surface area contributed by atoms with Crippen molar-refractivity contribution in [3.63, 3.8) is 0 Å². The lowest BCUT2D eigenvalue weighted by atomic mass is 10.0. The molecule has 4 aromatic rings. The van der Waals surface area contributed by atoms with E-state index in [4.69, 9.17) is 9.47 Å². The van der Waals surface area contributed by atoms with E-state index in [0.717, 1.165) is 16.5 Å². The Labute approximate surface area is 168 Å². The minimum Gasteiger partial charge on any atom is -0.497 e. The van der Waals surface area contributed by atoms with Crippen molar-refractivity contribution in [3.8, 4) is 28.3 Å². The first-order valence-corrected chi connectivity index (χ1v) is 9.22. The molecule has 2 heterocycles. The standard InChI is InChI=1S/C21H16BrFN2O3/c1-27-14-7-12(8-15(10-14)28-2)17-11-25(19-9-13(22)3-4-18(19)23)21(26)20-16(17)5-6-24-20/h3-11,24H,1-2H3. The highest BCUT2D eigenvalue weighted by Crippen LogP contribution is 2.33. The molecule has 2 aromatic heterocycles. The Morgan fingerprint density at radius 1 is 1.04 bits per heavy atom. The Balaban J connectivity index is 2.06. The number of methoxy groups -OCH3 is 2. The van der Waals surface area contributed by atoms with Gasteiger partial charge in [0, 0.05) is 33.9 Å². The van der Waals surface area contributed by atoms with Gasteiger partial charge in [-0.2, -0.15) is 0 Å². The molecule has 0 spiro atoms. The SMILES string of the molecule is COc1cc(OC)cc(-c2cn(-c3cc(Br)ccc3F)c(=O)c3[nH]ccc23)c1. The number of hydrogen-bond donors (Lipinski definition) is 1. The molecule has 4 rings (SSSR count). The summed E-state index contributed by atoms with van der Waals surface area (Å²) in [6, 6.07) is 11.7. The quantitative estimate of drug-likeness (QED) is 0.488. The molecule has 0 saturated heterocycles. The van der Waals surface area contributed by atoms with Crippen molar-refractivity contribution >= 4 is 26.8 Å². The Hall–Kier alpha value is -3.06. The van der Waals surface area contributed by atoms with Crippen molar-refractivity contribution < 1.29 is 13.9 Å². The average Bonchev–Trinajstić information content (AvgIpc) is 3.20. The third-order valence-electron chi connectivity index (χ3n) is 4.56. The molecule has 2 aromatic carbocycles. The summed E-state index contributed by atoms with van der Waals surface area (Å²) < 4.78 is 27.2. The second-order valence-electron chi connectivity index (χ2n) is 6.18. The summed E-state index contributed by atoms with van der Waals surface area (Å²) in [5.74, 6) is 0.735. The van der Waals surface area contributed by atoms with Gasteiger partial charge in [-0.05, 0) is 42.0 Å². The molecule has 1 N–H and O–H groups in total. The maximum atomic E-state index is 14.5. The van der Waals surface area contributed by atoms with E-state index in [2.05, 4.69) is 20.9 Å². The summed E-state index contributed by atoms with van der Waals surface area (Å²) in [6.45, 7) is 0. The van der Waals surface area contributed by atoms with Gasteiger partial charge in [-0.15, -0.1) is 0 Å². The number of ether oxygens (including phenoxy) is 2. The number of aromatic amines is 1. The van der Waals surface area contributed by atoms with E-state index < -0.39 is 5.82 Å². The van der Waals surface area contributed by atoms with E-state index in [0.29, 0.717) is 21.5 Å². The molecule has 7 heteroatoms. The van der Waals surface area contributed by atoms with Gasteiger partial charge in [0.05, 0.1) is 19.9 Å². The van der Waals surface area contributed by atoms with Gasteiger partial charge >= 0.3 is 0 Å². The number of aromatic nitrogens is 2. The molecular formula is C21H16BrFN2O3. The molecule has 0 atom stereocenters. The fourth-order valence-electron chi connectivity index (χ4n) is 3.19. The van der Waals surface area contributed by atoms with Crippen LogP contribution in [0, 0.1) is 5.82 Å². The molecule has 5 nitrogen and oxygen atoms in total. The number of nitrogens with one attached hydrogen (secondary N) is 1. The highest BCUT2D eigenvalue weighted by atomic mass is 79.9. The van der Waals surface area contributed by atoms with Crippen LogP contribution in [0.4, 0.5) is 4.39 Å². The van der Waals surface area contributed by atoms with Crippen molar-refractivity contribution in [1.29, 1.82) is 0 Å². The summed E-state index contributed by atoms with van der Waals surface area (Å²) >= 11 is 3.34. The minimum absolute atomic E-state index is 0.159. The van der Waals surface area contributed by atoms with Crippen LogP contribution in [0.25, 0.3) is 27.7 Å². The van der Waals surface area contributed by atoms with Crippen LogP contribution >= 0.6 is 15.9 Å². The number of benzene rings is 2. The molecule has 0 aliphatic heterocycles. The molecule has 0 aliphatic carbocycles. The molecule has 0 bridgehead atoms. The zero-order valence-electron chi connectivity index (χ0n) is 15.1. The average molecular weight is 443 g/mol. The number of hydrogen-bond acceptors (Lipinski definition) is 3. The highest BCUT2D eigenvalue weighted by Gasteiger charge is 2.16. The lowest BCUT2D eigenvalue weighted by Gasteiger charge is -2.13. The van der Waals surface area contributed by atoms with E-state index in [1.165, 1.54) is 10.6 Å². The Kier molecular flexibility index (Phi) is 4.68. The van der Waals surface area contributed by atoms with Crippen LogP contribution < -0.4 is 15.0 Å². The molecule has 0 amide bonds. The Bertz CT molecular complexity index is 1220. The van der Waals surface area contributed by atoms with Crippen molar-refractivity contribution in [1.82, 2.24) is 9.55 Å². The molecule has 28 heavy (non-hydrogen) atoms. The predicted molar refractivity (Wildman–Crippen MR) is 110 cm³/mol. The molecular weight excluding hydrogens is 427 g/mol. The topological polar surface area (TPSA) is 56.2 Å². The van der Waals surface area contributed by atoms with E-state index in [9.17, 15) is 9.18 Å². The van der Waals surface area contributed by atoms with Gasteiger partial charge in [-0.1, -0.05) is 15.9 Å². The van der Waals surface area contributed by atoms with Crippen molar-refractivity contribution in [3.05, 3.63) is 75.5 Å². The van der Waals surface area contributed by atoms with Crippen molar-refractivity contribution in [2.75, 3.05) is 14.2 Å². The molecule has 0 saturated carbocycles. The maximum Gasteiger partial charge on any atom is 0.279 e. The van der Waals surface area contributed by atoms with Gasteiger partial charge < -0.3 is 14.5 Å². The number of H-pyrrole nitrogens is 1. The number of fused-ring (bicyclic) bond motifs is 1. The first kappa shape index (κ1) is 18.3. The van der Waals surface area contributed by atoms with E-state index >= 15 is 0 Å². The lowest BCUT2D eigenvalue weighted by molar-refractivity contribution is 0.394. The van der Waals surface area contributed by atoms with Crippen LogP contribution in [0.15, 0.2) is 64.1 Å². The summed E-state index contributed by atoms with van der Waals surface area (Å²) in [5, 5.41) is 0.729. The van der Waals surface area contributed by atoms with Gasteiger partial charge in [0.15, 0.2) is 0 Å². The summed E-state index contributed by atoms with van der Waals surface area (Å²) in [6.07, 6.45) is 3.33. The second kappa shape index (κ2) is 7.16. The second-order valence-corrected chi connectivity index (χ2v) is 7.10. The fourth-order valence-corrected chi connectivity index (χ4v) is 3.54. The van der Waals surface area contributed by atoms with Crippen LogP contribution in [0.1, 0.15) is 0 Å². The van der Waals surface area contributed by atoms with Gasteiger partial charge in [-0.25, -0.2) is 4.39 Å². The molecule has 0 radical (unpaired) electrons. The predicted octanol–water partition coefficient (Wildman–Crippen LogP) is 4.90.